The molecular formula is C24H32BF2NO4. The molecule has 5 nitrogen and oxygen atoms in total. The van der Waals surface area contributed by atoms with E-state index in [1.807, 2.05) is 0 Å². The van der Waals surface area contributed by atoms with Gasteiger partial charge in [0, 0.05) is 12.2 Å². The molecule has 32 heavy (non-hydrogen) atoms. The van der Waals surface area contributed by atoms with Crippen molar-refractivity contribution in [3.05, 3.63) is 35.4 Å². The van der Waals surface area contributed by atoms with Gasteiger partial charge in [0.2, 0.25) is 0 Å². The van der Waals surface area contributed by atoms with Crippen molar-refractivity contribution in [2.75, 3.05) is 6.54 Å². The first-order chi connectivity index (χ1) is 15.1. The van der Waals surface area contributed by atoms with Crippen LogP contribution in [0, 0.1) is 34.8 Å². The smallest absolute Gasteiger partial charge is 0.405 e. The molecule has 4 aliphatic rings. The molecule has 0 radical (unpaired) electrons. The Kier molecular flexibility index (Phi) is 6.47. The van der Waals surface area contributed by atoms with Crippen LogP contribution in [0.1, 0.15) is 63.7 Å². The Morgan fingerprint density at radius 2 is 1.97 bits per heavy atom. The maximum Gasteiger partial charge on any atom is 0.461 e. The second-order valence-electron chi connectivity index (χ2n) is 10.7. The summed E-state index contributed by atoms with van der Waals surface area (Å²) in [4.78, 5) is 24.9. The molecule has 3 aliphatic carbocycles. The Morgan fingerprint density at radius 1 is 1.22 bits per heavy atom. The zero-order valence-corrected chi connectivity index (χ0v) is 19.2. The lowest BCUT2D eigenvalue weighted by atomic mass is 9.47. The van der Waals surface area contributed by atoms with Crippen LogP contribution in [0.3, 0.4) is 0 Å². The quantitative estimate of drug-likeness (QED) is 0.600. The van der Waals surface area contributed by atoms with E-state index in [1.54, 1.807) is 0 Å². The number of rotatable bonds is 8. The monoisotopic (exact) mass is 447 g/mol. The standard InChI is InChI=1S/C24H32BF2NO4/c1-13(2)8-15(25-31-20-10-14-9-18(22(20)32-25)24(14,3)4)11-16(29)12-28-23(30)17-6-5-7-19(26)21(17)27/h5-7,13-15,18,20,22H,8-12H2,1-4H3,(H,28,30)/t14-,15+,18+,20+,22-/m0/s1. The van der Waals surface area contributed by atoms with Gasteiger partial charge < -0.3 is 14.6 Å². The highest BCUT2D eigenvalue weighted by Gasteiger charge is 2.62. The summed E-state index contributed by atoms with van der Waals surface area (Å²) in [7, 11) is -0.428. The summed E-state index contributed by atoms with van der Waals surface area (Å²) in [6.07, 6.45) is 3.33. The van der Waals surface area contributed by atoms with Crippen molar-refractivity contribution >= 4 is 18.8 Å². The molecule has 1 aromatic carbocycles. The zero-order valence-electron chi connectivity index (χ0n) is 19.2. The summed E-state index contributed by atoms with van der Waals surface area (Å²) in [5.74, 6) is -1.91. The molecule has 4 fully saturated rings. The molecule has 1 heterocycles. The second-order valence-corrected chi connectivity index (χ2v) is 10.7. The third-order valence-electron chi connectivity index (χ3n) is 7.72. The van der Waals surface area contributed by atoms with Crippen molar-refractivity contribution in [1.82, 2.24) is 5.32 Å². The van der Waals surface area contributed by atoms with Gasteiger partial charge in [0.25, 0.3) is 5.91 Å². The SMILES string of the molecule is CC(C)C[C@H](CC(=O)CNC(=O)c1cccc(F)c1F)B1O[C@H]2[C@H]3C[C@@H](C[C@H]2O1)C3(C)C. The van der Waals surface area contributed by atoms with Crippen molar-refractivity contribution in [3.63, 3.8) is 0 Å². The van der Waals surface area contributed by atoms with Gasteiger partial charge in [-0.1, -0.05) is 33.8 Å². The molecule has 5 atom stereocenters. The first-order valence-electron chi connectivity index (χ1n) is 11.6. The molecule has 0 aromatic heterocycles. The summed E-state index contributed by atoms with van der Waals surface area (Å²) < 4.78 is 39.9. The largest absolute Gasteiger partial charge is 0.461 e. The maximum atomic E-state index is 13.8. The molecule has 174 valence electrons. The molecule has 5 rings (SSSR count). The summed E-state index contributed by atoms with van der Waals surface area (Å²) in [6.45, 7) is 8.54. The summed E-state index contributed by atoms with van der Waals surface area (Å²) >= 11 is 0. The van der Waals surface area contributed by atoms with Gasteiger partial charge in [-0.15, -0.1) is 0 Å². The highest BCUT2D eigenvalue weighted by Crippen LogP contribution is 2.62. The van der Waals surface area contributed by atoms with Gasteiger partial charge in [0.05, 0.1) is 24.3 Å². The highest BCUT2D eigenvalue weighted by molar-refractivity contribution is 6.47. The van der Waals surface area contributed by atoms with Crippen LogP contribution in [-0.4, -0.2) is 37.6 Å². The third kappa shape index (κ3) is 4.36. The minimum atomic E-state index is -1.22. The van der Waals surface area contributed by atoms with E-state index in [9.17, 15) is 18.4 Å². The molecule has 0 spiro atoms. The zero-order chi connectivity index (χ0) is 23.2. The van der Waals surface area contributed by atoms with Crippen molar-refractivity contribution in [2.24, 2.45) is 23.2 Å². The normalized spacial score (nSPS) is 28.8. The molecule has 8 heteroatoms. The van der Waals surface area contributed by atoms with Gasteiger partial charge in [-0.3, -0.25) is 9.59 Å². The Labute approximate surface area is 188 Å². The molecular weight excluding hydrogens is 415 g/mol. The average Bonchev–Trinajstić information content (AvgIpc) is 3.17. The van der Waals surface area contributed by atoms with E-state index in [-0.39, 0.29) is 42.2 Å². The Bertz CT molecular complexity index is 893. The number of carbonyl (C=O) groups excluding carboxylic acids is 2. The van der Waals surface area contributed by atoms with E-state index in [0.29, 0.717) is 17.8 Å². The number of benzene rings is 1. The summed E-state index contributed by atoms with van der Waals surface area (Å²) in [6, 6.07) is 3.39. The Balaban J connectivity index is 1.35. The first-order valence-corrected chi connectivity index (χ1v) is 11.6. The van der Waals surface area contributed by atoms with E-state index in [2.05, 4.69) is 33.0 Å². The van der Waals surface area contributed by atoms with E-state index < -0.39 is 30.2 Å². The van der Waals surface area contributed by atoms with Crippen LogP contribution < -0.4 is 5.32 Å². The molecule has 1 aromatic rings. The van der Waals surface area contributed by atoms with Gasteiger partial charge in [-0.2, -0.15) is 0 Å². The van der Waals surface area contributed by atoms with Crippen LogP contribution in [-0.2, 0) is 14.1 Å². The van der Waals surface area contributed by atoms with E-state index >= 15 is 0 Å². The average molecular weight is 447 g/mol. The number of halogens is 2. The van der Waals surface area contributed by atoms with Crippen LogP contribution in [0.25, 0.3) is 0 Å². The number of carbonyl (C=O) groups is 2. The predicted molar refractivity (Wildman–Crippen MR) is 117 cm³/mol. The molecule has 1 N–H and O–H groups in total. The molecule has 1 aliphatic heterocycles. The van der Waals surface area contributed by atoms with Gasteiger partial charge in [0.15, 0.2) is 17.4 Å². The topological polar surface area (TPSA) is 64.6 Å². The van der Waals surface area contributed by atoms with E-state index in [4.69, 9.17) is 9.31 Å². The Hall–Kier alpha value is -1.80. The Morgan fingerprint density at radius 3 is 2.66 bits per heavy atom. The van der Waals surface area contributed by atoms with Crippen LogP contribution in [0.15, 0.2) is 18.2 Å². The van der Waals surface area contributed by atoms with Crippen molar-refractivity contribution in [1.29, 1.82) is 0 Å². The lowest BCUT2D eigenvalue weighted by Gasteiger charge is -2.60. The highest BCUT2D eigenvalue weighted by atomic mass is 19.2. The fraction of sp³-hybridized carbons (Fsp3) is 0.667. The van der Waals surface area contributed by atoms with Crippen molar-refractivity contribution < 1.29 is 27.7 Å². The van der Waals surface area contributed by atoms with Gasteiger partial charge in [0.1, 0.15) is 0 Å². The number of ketones is 1. The fourth-order valence-corrected chi connectivity index (χ4v) is 5.80. The molecule has 3 saturated carbocycles. The van der Waals surface area contributed by atoms with Crippen molar-refractivity contribution in [3.8, 4) is 0 Å². The number of hydrogen-bond acceptors (Lipinski definition) is 4. The predicted octanol–water partition coefficient (Wildman–Crippen LogP) is 4.41. The minimum absolute atomic E-state index is 0.0837. The first kappa shape index (κ1) is 23.4. The molecule has 1 saturated heterocycles. The maximum absolute atomic E-state index is 13.8. The molecule has 1 amide bonds. The van der Waals surface area contributed by atoms with Crippen molar-refractivity contribution in [2.45, 2.75) is 71.4 Å². The fourth-order valence-electron chi connectivity index (χ4n) is 5.80. The second kappa shape index (κ2) is 8.86. The lowest BCUT2D eigenvalue weighted by molar-refractivity contribution is -0.150. The third-order valence-corrected chi connectivity index (χ3v) is 7.72. The van der Waals surface area contributed by atoms with Crippen LogP contribution in [0.4, 0.5) is 8.78 Å². The summed E-state index contributed by atoms with van der Waals surface area (Å²) in [5, 5.41) is 2.41. The van der Waals surface area contributed by atoms with Gasteiger partial charge in [-0.05, 0) is 54.6 Å². The van der Waals surface area contributed by atoms with E-state index in [1.165, 1.54) is 18.6 Å². The molecule has 0 unspecified atom stereocenters. The number of hydrogen-bond donors (Lipinski definition) is 1. The number of amides is 1. The van der Waals surface area contributed by atoms with Crippen LogP contribution in [0.2, 0.25) is 5.82 Å². The van der Waals surface area contributed by atoms with Gasteiger partial charge in [-0.25, -0.2) is 8.78 Å². The van der Waals surface area contributed by atoms with Crippen LogP contribution >= 0.6 is 0 Å². The number of Topliss-reactive ketones (excluding diaryl/α,β-unsaturated/α-hetero) is 1. The minimum Gasteiger partial charge on any atom is -0.405 e. The number of nitrogens with one attached hydrogen (secondary N) is 1. The molecule has 2 bridgehead atoms. The summed E-state index contributed by atoms with van der Waals surface area (Å²) in [5.41, 5.74) is -0.135. The van der Waals surface area contributed by atoms with E-state index in [0.717, 1.165) is 18.9 Å². The lowest BCUT2D eigenvalue weighted by Crippen LogP contribution is -2.59. The van der Waals surface area contributed by atoms with Crippen LogP contribution in [0.5, 0.6) is 0 Å². The van der Waals surface area contributed by atoms with Gasteiger partial charge >= 0.3 is 7.12 Å².